The number of hydrogen-bond acceptors (Lipinski definition) is 3. The average molecular weight is 377 g/mol. The molecular formula is C23H27N3O2. The summed E-state index contributed by atoms with van der Waals surface area (Å²) in [5, 5.41) is 2.98. The van der Waals surface area contributed by atoms with Gasteiger partial charge in [-0.15, -0.1) is 0 Å². The molecular weight excluding hydrogens is 350 g/mol. The van der Waals surface area contributed by atoms with Crippen molar-refractivity contribution in [3.63, 3.8) is 0 Å². The molecule has 2 aliphatic heterocycles. The average Bonchev–Trinajstić information content (AvgIpc) is 2.71. The van der Waals surface area contributed by atoms with Crippen molar-refractivity contribution in [2.24, 2.45) is 0 Å². The molecule has 0 bridgehead atoms. The van der Waals surface area contributed by atoms with Gasteiger partial charge in [-0.3, -0.25) is 9.59 Å². The molecule has 1 atom stereocenters. The number of fused-ring (bicyclic) bond motifs is 2. The maximum atomic E-state index is 13.0. The third kappa shape index (κ3) is 3.15. The second-order valence-corrected chi connectivity index (χ2v) is 7.75. The van der Waals surface area contributed by atoms with E-state index in [1.54, 1.807) is 12.1 Å². The van der Waals surface area contributed by atoms with E-state index in [1.165, 1.54) is 5.56 Å². The number of carbonyl (C=O) groups is 2. The summed E-state index contributed by atoms with van der Waals surface area (Å²) in [7, 11) is 0. The number of hydrogen-bond donors (Lipinski definition) is 1. The summed E-state index contributed by atoms with van der Waals surface area (Å²) in [5.41, 5.74) is 5.27. The fourth-order valence-corrected chi connectivity index (χ4v) is 4.29. The van der Waals surface area contributed by atoms with E-state index in [1.807, 2.05) is 36.1 Å². The molecule has 5 nitrogen and oxygen atoms in total. The van der Waals surface area contributed by atoms with Crippen molar-refractivity contribution in [2.45, 2.75) is 46.2 Å². The van der Waals surface area contributed by atoms with Crippen molar-refractivity contribution in [1.82, 2.24) is 4.90 Å². The zero-order chi connectivity index (χ0) is 19.8. The molecule has 1 saturated heterocycles. The second-order valence-electron chi connectivity index (χ2n) is 7.75. The van der Waals surface area contributed by atoms with Crippen molar-refractivity contribution < 1.29 is 9.59 Å². The molecule has 5 heteroatoms. The molecule has 0 spiro atoms. The molecule has 0 aliphatic carbocycles. The molecule has 2 amide bonds. The standard InChI is InChI=1S/C23H27N3O2/c1-4-25-20-14-17(22(27)24-18-10-8-15(2)16(3)13-18)9-11-19(20)23(28)26-12-6-5-7-21(25)26/h8-11,13-14,21H,4-7,12H2,1-3H3,(H,24,27). The number of amides is 2. The number of nitrogens with one attached hydrogen (secondary N) is 1. The first-order valence-corrected chi connectivity index (χ1v) is 10.1. The van der Waals surface area contributed by atoms with Crippen molar-refractivity contribution >= 4 is 23.2 Å². The van der Waals surface area contributed by atoms with E-state index < -0.39 is 0 Å². The van der Waals surface area contributed by atoms with E-state index in [4.69, 9.17) is 0 Å². The van der Waals surface area contributed by atoms with Gasteiger partial charge in [0.15, 0.2) is 0 Å². The van der Waals surface area contributed by atoms with E-state index >= 15 is 0 Å². The van der Waals surface area contributed by atoms with Crippen LogP contribution in [-0.2, 0) is 0 Å². The van der Waals surface area contributed by atoms with Crippen molar-refractivity contribution in [3.05, 3.63) is 58.7 Å². The van der Waals surface area contributed by atoms with Crippen LogP contribution in [0.5, 0.6) is 0 Å². The fraction of sp³-hybridized carbons (Fsp3) is 0.391. The van der Waals surface area contributed by atoms with Crippen LogP contribution in [0.3, 0.4) is 0 Å². The van der Waals surface area contributed by atoms with Crippen LogP contribution >= 0.6 is 0 Å². The van der Waals surface area contributed by atoms with Crippen molar-refractivity contribution in [2.75, 3.05) is 23.3 Å². The monoisotopic (exact) mass is 377 g/mol. The smallest absolute Gasteiger partial charge is 0.257 e. The predicted octanol–water partition coefficient (Wildman–Crippen LogP) is 4.35. The van der Waals surface area contributed by atoms with Gasteiger partial charge in [0, 0.05) is 24.3 Å². The highest BCUT2D eigenvalue weighted by Gasteiger charge is 2.38. The van der Waals surface area contributed by atoms with Crippen LogP contribution in [0.1, 0.15) is 58.0 Å². The van der Waals surface area contributed by atoms with Gasteiger partial charge in [-0.25, -0.2) is 0 Å². The van der Waals surface area contributed by atoms with Crippen LogP contribution in [-0.4, -0.2) is 36.0 Å². The number of benzene rings is 2. The summed E-state index contributed by atoms with van der Waals surface area (Å²) in [6.45, 7) is 7.81. The Bertz CT molecular complexity index is 937. The zero-order valence-corrected chi connectivity index (χ0v) is 16.8. The zero-order valence-electron chi connectivity index (χ0n) is 16.8. The number of piperidine rings is 1. The van der Waals surface area contributed by atoms with Crippen LogP contribution in [0.15, 0.2) is 36.4 Å². The van der Waals surface area contributed by atoms with E-state index in [-0.39, 0.29) is 18.0 Å². The summed E-state index contributed by atoms with van der Waals surface area (Å²) < 4.78 is 0. The van der Waals surface area contributed by atoms with Gasteiger partial charge in [0.25, 0.3) is 11.8 Å². The highest BCUT2D eigenvalue weighted by Crippen LogP contribution is 2.35. The number of rotatable bonds is 3. The first-order chi connectivity index (χ1) is 13.5. The number of aryl methyl sites for hydroxylation is 2. The minimum absolute atomic E-state index is 0.0884. The number of nitrogens with zero attached hydrogens (tertiary/aromatic N) is 2. The Kier molecular flexibility index (Phi) is 4.84. The summed E-state index contributed by atoms with van der Waals surface area (Å²) in [6.07, 6.45) is 3.29. The van der Waals surface area contributed by atoms with Gasteiger partial charge in [-0.1, -0.05) is 6.07 Å². The predicted molar refractivity (Wildman–Crippen MR) is 112 cm³/mol. The van der Waals surface area contributed by atoms with Crippen molar-refractivity contribution in [3.8, 4) is 0 Å². The summed E-state index contributed by atoms with van der Waals surface area (Å²) in [4.78, 5) is 30.0. The van der Waals surface area contributed by atoms with Crippen LogP contribution in [0, 0.1) is 13.8 Å². The van der Waals surface area contributed by atoms with Crippen LogP contribution < -0.4 is 10.2 Å². The Morgan fingerprint density at radius 2 is 1.93 bits per heavy atom. The molecule has 2 heterocycles. The van der Waals surface area contributed by atoms with Crippen LogP contribution in [0.4, 0.5) is 11.4 Å². The molecule has 146 valence electrons. The van der Waals surface area contributed by atoms with Gasteiger partial charge in [0.1, 0.15) is 6.17 Å². The molecule has 2 aromatic carbocycles. The Hall–Kier alpha value is -2.82. The highest BCUT2D eigenvalue weighted by molar-refractivity contribution is 6.08. The second kappa shape index (κ2) is 7.30. The van der Waals surface area contributed by atoms with Gasteiger partial charge < -0.3 is 15.1 Å². The Morgan fingerprint density at radius 3 is 2.68 bits per heavy atom. The molecule has 0 saturated carbocycles. The Balaban J connectivity index is 1.65. The fourth-order valence-electron chi connectivity index (χ4n) is 4.29. The van der Waals surface area contributed by atoms with E-state index in [0.717, 1.165) is 49.3 Å². The first-order valence-electron chi connectivity index (χ1n) is 10.1. The van der Waals surface area contributed by atoms with Crippen LogP contribution in [0.2, 0.25) is 0 Å². The summed E-state index contributed by atoms with van der Waals surface area (Å²) >= 11 is 0. The highest BCUT2D eigenvalue weighted by atomic mass is 16.2. The van der Waals surface area contributed by atoms with Gasteiger partial charge >= 0.3 is 0 Å². The lowest BCUT2D eigenvalue weighted by molar-refractivity contribution is 0.0582. The summed E-state index contributed by atoms with van der Waals surface area (Å²) in [6, 6.07) is 11.3. The molecule has 4 rings (SSSR count). The van der Waals surface area contributed by atoms with Crippen molar-refractivity contribution in [1.29, 1.82) is 0 Å². The number of anilines is 2. The maximum absolute atomic E-state index is 13.0. The van der Waals surface area contributed by atoms with Gasteiger partial charge in [0.05, 0.1) is 11.3 Å². The minimum atomic E-state index is -0.152. The third-order valence-electron chi connectivity index (χ3n) is 6.00. The molecule has 1 fully saturated rings. The topological polar surface area (TPSA) is 52.7 Å². The van der Waals surface area contributed by atoms with Crippen LogP contribution in [0.25, 0.3) is 0 Å². The third-order valence-corrected chi connectivity index (χ3v) is 6.00. The number of carbonyl (C=O) groups excluding carboxylic acids is 2. The van der Waals surface area contributed by atoms with E-state index in [9.17, 15) is 9.59 Å². The summed E-state index contributed by atoms with van der Waals surface area (Å²) in [5.74, 6) is -0.0638. The SMILES string of the molecule is CCN1c2cc(C(=O)Nc3ccc(C)c(C)c3)ccc2C(=O)N2CCCCC21. The van der Waals surface area contributed by atoms with E-state index in [2.05, 4.69) is 24.1 Å². The quantitative estimate of drug-likeness (QED) is 0.865. The molecule has 2 aromatic rings. The molecule has 1 unspecified atom stereocenters. The molecule has 1 N–H and O–H groups in total. The van der Waals surface area contributed by atoms with Gasteiger partial charge in [-0.2, -0.15) is 0 Å². The Morgan fingerprint density at radius 1 is 1.11 bits per heavy atom. The first kappa shape index (κ1) is 18.5. The molecule has 0 radical (unpaired) electrons. The minimum Gasteiger partial charge on any atom is -0.351 e. The van der Waals surface area contributed by atoms with Gasteiger partial charge in [0.2, 0.25) is 0 Å². The molecule has 2 aliphatic rings. The lowest BCUT2D eigenvalue weighted by atomic mass is 9.97. The van der Waals surface area contributed by atoms with E-state index in [0.29, 0.717) is 11.1 Å². The largest absolute Gasteiger partial charge is 0.351 e. The normalized spacial score (nSPS) is 18.5. The molecule has 0 aromatic heterocycles. The lowest BCUT2D eigenvalue weighted by Gasteiger charge is -2.47. The van der Waals surface area contributed by atoms with Gasteiger partial charge in [-0.05, 0) is 81.5 Å². The lowest BCUT2D eigenvalue weighted by Crippen LogP contribution is -2.57. The molecule has 28 heavy (non-hydrogen) atoms. The maximum Gasteiger partial charge on any atom is 0.257 e. The Labute approximate surface area is 166 Å².